The average Bonchev–Trinajstić information content (AvgIpc) is 2.32. The molecule has 1 heterocycles. The minimum atomic E-state index is -0.470. The summed E-state index contributed by atoms with van der Waals surface area (Å²) in [6.45, 7) is 7.54. The van der Waals surface area contributed by atoms with Crippen LogP contribution in [0.4, 0.5) is 0 Å². The van der Waals surface area contributed by atoms with Gasteiger partial charge in [0.2, 0.25) is 0 Å². The van der Waals surface area contributed by atoms with Gasteiger partial charge in [0, 0.05) is 31.7 Å². The molecule has 0 radical (unpaired) electrons. The van der Waals surface area contributed by atoms with E-state index in [-0.39, 0.29) is 5.41 Å². The van der Waals surface area contributed by atoms with Gasteiger partial charge in [-0.15, -0.1) is 0 Å². The SMILES string of the molecule is CC1CCCC(CO)(CN2CCC(C)(O)CC2)C1. The summed E-state index contributed by atoms with van der Waals surface area (Å²) in [6.07, 6.45) is 6.63. The number of hydrogen-bond acceptors (Lipinski definition) is 3. The molecule has 0 bridgehead atoms. The zero-order valence-electron chi connectivity index (χ0n) is 12.0. The van der Waals surface area contributed by atoms with Gasteiger partial charge in [0.25, 0.3) is 0 Å². The predicted octanol–water partition coefficient (Wildman–Crippen LogP) is 2.02. The van der Waals surface area contributed by atoms with Crippen LogP contribution in [0.1, 0.15) is 52.4 Å². The van der Waals surface area contributed by atoms with Gasteiger partial charge in [-0.1, -0.05) is 19.8 Å². The smallest absolute Gasteiger partial charge is 0.0644 e. The van der Waals surface area contributed by atoms with Crippen LogP contribution in [0.3, 0.4) is 0 Å². The van der Waals surface area contributed by atoms with E-state index in [0.717, 1.165) is 44.8 Å². The van der Waals surface area contributed by atoms with Gasteiger partial charge in [-0.3, -0.25) is 0 Å². The second-order valence-corrected chi connectivity index (χ2v) is 7.13. The first-order chi connectivity index (χ1) is 8.45. The van der Waals surface area contributed by atoms with Crippen LogP contribution in [-0.4, -0.2) is 47.0 Å². The summed E-state index contributed by atoms with van der Waals surface area (Å²) in [5, 5.41) is 19.8. The van der Waals surface area contributed by atoms with Crippen LogP contribution in [0.2, 0.25) is 0 Å². The van der Waals surface area contributed by atoms with Gasteiger partial charge in [-0.25, -0.2) is 0 Å². The van der Waals surface area contributed by atoms with Crippen molar-refractivity contribution in [2.75, 3.05) is 26.2 Å². The second-order valence-electron chi connectivity index (χ2n) is 7.13. The first kappa shape index (κ1) is 14.3. The summed E-state index contributed by atoms with van der Waals surface area (Å²) >= 11 is 0. The van der Waals surface area contributed by atoms with Gasteiger partial charge < -0.3 is 15.1 Å². The largest absolute Gasteiger partial charge is 0.396 e. The van der Waals surface area contributed by atoms with Crippen molar-refractivity contribution >= 4 is 0 Å². The minimum Gasteiger partial charge on any atom is -0.396 e. The summed E-state index contributed by atoms with van der Waals surface area (Å²) in [4.78, 5) is 2.45. The maximum atomic E-state index is 9.99. The fourth-order valence-electron chi connectivity index (χ4n) is 3.77. The Hall–Kier alpha value is -0.120. The lowest BCUT2D eigenvalue weighted by atomic mass is 9.70. The Balaban J connectivity index is 1.90. The molecule has 1 saturated carbocycles. The molecule has 3 heteroatoms. The van der Waals surface area contributed by atoms with E-state index >= 15 is 0 Å². The van der Waals surface area contributed by atoms with Crippen molar-refractivity contribution < 1.29 is 10.2 Å². The maximum Gasteiger partial charge on any atom is 0.0644 e. The molecule has 2 aliphatic rings. The van der Waals surface area contributed by atoms with E-state index in [0.29, 0.717) is 6.61 Å². The monoisotopic (exact) mass is 255 g/mol. The quantitative estimate of drug-likeness (QED) is 0.811. The van der Waals surface area contributed by atoms with Gasteiger partial charge >= 0.3 is 0 Å². The number of aliphatic hydroxyl groups is 2. The third-order valence-corrected chi connectivity index (χ3v) is 5.01. The molecular weight excluding hydrogens is 226 g/mol. The molecular formula is C15H29NO2. The lowest BCUT2D eigenvalue weighted by Crippen LogP contribution is -2.49. The van der Waals surface area contributed by atoms with E-state index in [1.807, 2.05) is 6.92 Å². The van der Waals surface area contributed by atoms with Crippen LogP contribution < -0.4 is 0 Å². The highest BCUT2D eigenvalue weighted by molar-refractivity contribution is 4.90. The van der Waals surface area contributed by atoms with Crippen molar-refractivity contribution in [1.29, 1.82) is 0 Å². The lowest BCUT2D eigenvalue weighted by Gasteiger charge is -2.45. The molecule has 0 aromatic carbocycles. The fourth-order valence-corrected chi connectivity index (χ4v) is 3.77. The Bertz CT molecular complexity index is 270. The number of piperidine rings is 1. The normalized spacial score (nSPS) is 37.7. The van der Waals surface area contributed by atoms with Crippen molar-refractivity contribution in [3.63, 3.8) is 0 Å². The zero-order chi connectivity index (χ0) is 13.2. The summed E-state index contributed by atoms with van der Waals surface area (Å²) in [5.74, 6) is 0.749. The Kier molecular flexibility index (Phi) is 4.35. The molecule has 1 saturated heterocycles. The van der Waals surface area contributed by atoms with Crippen LogP contribution in [0.5, 0.6) is 0 Å². The molecule has 106 valence electrons. The molecule has 18 heavy (non-hydrogen) atoms. The van der Waals surface area contributed by atoms with Crippen molar-refractivity contribution in [3.05, 3.63) is 0 Å². The van der Waals surface area contributed by atoms with E-state index in [4.69, 9.17) is 0 Å². The summed E-state index contributed by atoms with van der Waals surface area (Å²) in [5.41, 5.74) is -0.344. The molecule has 1 aliphatic heterocycles. The van der Waals surface area contributed by atoms with Gasteiger partial charge in [0.1, 0.15) is 0 Å². The predicted molar refractivity (Wildman–Crippen MR) is 73.4 cm³/mol. The topological polar surface area (TPSA) is 43.7 Å². The van der Waals surface area contributed by atoms with Crippen LogP contribution in [0, 0.1) is 11.3 Å². The highest BCUT2D eigenvalue weighted by Gasteiger charge is 2.37. The Morgan fingerprint density at radius 2 is 1.89 bits per heavy atom. The molecule has 0 aromatic heterocycles. The molecule has 2 fully saturated rings. The van der Waals surface area contributed by atoms with Crippen molar-refractivity contribution in [2.24, 2.45) is 11.3 Å². The van der Waals surface area contributed by atoms with Crippen molar-refractivity contribution in [1.82, 2.24) is 4.90 Å². The molecule has 3 nitrogen and oxygen atoms in total. The Morgan fingerprint density at radius 1 is 1.22 bits per heavy atom. The van der Waals surface area contributed by atoms with Crippen molar-refractivity contribution in [3.8, 4) is 0 Å². The van der Waals surface area contributed by atoms with E-state index in [1.165, 1.54) is 19.3 Å². The van der Waals surface area contributed by atoms with Gasteiger partial charge in [-0.2, -0.15) is 0 Å². The summed E-state index contributed by atoms with van der Waals surface area (Å²) < 4.78 is 0. The molecule has 1 aliphatic carbocycles. The van der Waals surface area contributed by atoms with Gasteiger partial charge in [0.05, 0.1) is 5.60 Å². The van der Waals surface area contributed by atoms with Crippen LogP contribution in [0.15, 0.2) is 0 Å². The Labute approximate surface area is 111 Å². The van der Waals surface area contributed by atoms with E-state index < -0.39 is 5.60 Å². The maximum absolute atomic E-state index is 9.99. The third kappa shape index (κ3) is 3.46. The molecule has 0 amide bonds. The summed E-state index contributed by atoms with van der Waals surface area (Å²) in [6, 6.07) is 0. The van der Waals surface area contributed by atoms with Crippen LogP contribution >= 0.6 is 0 Å². The summed E-state index contributed by atoms with van der Waals surface area (Å²) in [7, 11) is 0. The number of aliphatic hydroxyl groups excluding tert-OH is 1. The van der Waals surface area contributed by atoms with E-state index in [9.17, 15) is 10.2 Å². The first-order valence-electron chi connectivity index (χ1n) is 7.50. The number of hydrogen-bond donors (Lipinski definition) is 2. The molecule has 2 atom stereocenters. The molecule has 0 spiro atoms. The fraction of sp³-hybridized carbons (Fsp3) is 1.00. The molecule has 2 unspecified atom stereocenters. The lowest BCUT2D eigenvalue weighted by molar-refractivity contribution is -0.0335. The highest BCUT2D eigenvalue weighted by atomic mass is 16.3. The third-order valence-electron chi connectivity index (χ3n) is 5.01. The number of nitrogens with zero attached hydrogens (tertiary/aromatic N) is 1. The minimum absolute atomic E-state index is 0.126. The zero-order valence-corrected chi connectivity index (χ0v) is 12.0. The second kappa shape index (κ2) is 5.48. The molecule has 0 aromatic rings. The number of likely N-dealkylation sites (tertiary alicyclic amines) is 1. The standard InChI is InChI=1S/C15H29NO2/c1-13-4-3-5-15(10-13,12-17)11-16-8-6-14(2,18)7-9-16/h13,17-18H,3-12H2,1-2H3. The van der Waals surface area contributed by atoms with E-state index in [2.05, 4.69) is 11.8 Å². The van der Waals surface area contributed by atoms with Crippen LogP contribution in [0.25, 0.3) is 0 Å². The number of rotatable bonds is 3. The molecule has 2 rings (SSSR count). The van der Waals surface area contributed by atoms with Gasteiger partial charge in [0.15, 0.2) is 0 Å². The van der Waals surface area contributed by atoms with E-state index in [1.54, 1.807) is 0 Å². The first-order valence-corrected chi connectivity index (χ1v) is 7.50. The van der Waals surface area contributed by atoms with Crippen molar-refractivity contribution in [2.45, 2.75) is 58.0 Å². The van der Waals surface area contributed by atoms with Gasteiger partial charge in [-0.05, 0) is 38.5 Å². The Morgan fingerprint density at radius 3 is 2.44 bits per heavy atom. The average molecular weight is 255 g/mol. The molecule has 2 N–H and O–H groups in total. The highest BCUT2D eigenvalue weighted by Crippen LogP contribution is 2.40. The van der Waals surface area contributed by atoms with Crippen LogP contribution in [-0.2, 0) is 0 Å².